The third-order valence-electron chi connectivity index (χ3n) is 2.13. The van der Waals surface area contributed by atoms with Crippen molar-refractivity contribution < 1.29 is 0 Å². The van der Waals surface area contributed by atoms with Crippen LogP contribution in [0, 0.1) is 0 Å². The number of anilines is 1. The zero-order valence-corrected chi connectivity index (χ0v) is 9.59. The highest BCUT2D eigenvalue weighted by atomic mass is 35.5. The van der Waals surface area contributed by atoms with Crippen LogP contribution in [0.25, 0.3) is 0 Å². The quantitative estimate of drug-likeness (QED) is 0.816. The maximum atomic E-state index is 5.78. The molecule has 0 aliphatic carbocycles. The van der Waals surface area contributed by atoms with Gasteiger partial charge >= 0.3 is 0 Å². The normalized spacial score (nSPS) is 10.1. The summed E-state index contributed by atoms with van der Waals surface area (Å²) in [5.74, 6) is 0.747. The van der Waals surface area contributed by atoms with Crippen LogP contribution in [0.1, 0.15) is 5.56 Å². The predicted molar refractivity (Wildman–Crippen MR) is 63.4 cm³/mol. The van der Waals surface area contributed by atoms with Crippen molar-refractivity contribution in [1.29, 1.82) is 0 Å². The largest absolute Gasteiger partial charge is 0.354 e. The van der Waals surface area contributed by atoms with Gasteiger partial charge in [-0.1, -0.05) is 17.7 Å². The molecule has 0 amide bonds. The van der Waals surface area contributed by atoms with Gasteiger partial charge in [0.2, 0.25) is 0 Å². The summed E-state index contributed by atoms with van der Waals surface area (Å²) in [6.07, 6.45) is 6.78. The number of pyridine rings is 1. The van der Waals surface area contributed by atoms with Gasteiger partial charge in [-0.25, -0.2) is 4.98 Å². The van der Waals surface area contributed by atoms with Gasteiger partial charge in [0, 0.05) is 26.0 Å². The molecule has 0 radical (unpaired) electrons. The summed E-state index contributed by atoms with van der Waals surface area (Å²) in [5, 5.41) is 0.399. The van der Waals surface area contributed by atoms with E-state index < -0.39 is 0 Å². The van der Waals surface area contributed by atoms with Gasteiger partial charge in [0.1, 0.15) is 11.0 Å². The minimum atomic E-state index is 0.399. The highest BCUT2D eigenvalue weighted by Gasteiger charge is 2.04. The van der Waals surface area contributed by atoms with E-state index in [4.69, 9.17) is 11.6 Å². The van der Waals surface area contributed by atoms with Crippen molar-refractivity contribution in [1.82, 2.24) is 15.0 Å². The van der Waals surface area contributed by atoms with Crippen molar-refractivity contribution in [2.24, 2.45) is 0 Å². The molecule has 2 heterocycles. The van der Waals surface area contributed by atoms with Crippen LogP contribution in [0.3, 0.4) is 0 Å². The minimum Gasteiger partial charge on any atom is -0.354 e. The van der Waals surface area contributed by atoms with E-state index in [1.54, 1.807) is 12.4 Å². The lowest BCUT2D eigenvalue weighted by molar-refractivity contribution is 0.884. The number of aromatic nitrogens is 3. The Bertz CT molecular complexity index is 461. The topological polar surface area (TPSA) is 41.9 Å². The van der Waals surface area contributed by atoms with Crippen molar-refractivity contribution in [3.05, 3.63) is 47.6 Å². The van der Waals surface area contributed by atoms with Crippen LogP contribution >= 0.6 is 11.6 Å². The average molecular weight is 235 g/mol. The molecule has 0 aromatic carbocycles. The molecule has 16 heavy (non-hydrogen) atoms. The molecule has 0 aliphatic rings. The van der Waals surface area contributed by atoms with Crippen molar-refractivity contribution >= 4 is 17.4 Å². The van der Waals surface area contributed by atoms with Gasteiger partial charge < -0.3 is 4.90 Å². The van der Waals surface area contributed by atoms with Crippen molar-refractivity contribution in [2.75, 3.05) is 11.9 Å². The highest BCUT2D eigenvalue weighted by Crippen LogP contribution is 2.13. The molecule has 0 bridgehead atoms. The second-order valence-corrected chi connectivity index (χ2v) is 3.80. The molecule has 0 atom stereocenters. The minimum absolute atomic E-state index is 0.399. The predicted octanol–water partition coefficient (Wildman–Crippen LogP) is 2.16. The first-order valence-corrected chi connectivity index (χ1v) is 5.21. The zero-order chi connectivity index (χ0) is 11.4. The Morgan fingerprint density at radius 1 is 1.25 bits per heavy atom. The summed E-state index contributed by atoms with van der Waals surface area (Å²) in [6.45, 7) is 0.725. The molecule has 4 nitrogen and oxygen atoms in total. The highest BCUT2D eigenvalue weighted by molar-refractivity contribution is 6.29. The Balaban J connectivity index is 2.12. The summed E-state index contributed by atoms with van der Waals surface area (Å²) >= 11 is 5.78. The van der Waals surface area contributed by atoms with Gasteiger partial charge in [-0.3, -0.25) is 9.97 Å². The smallest absolute Gasteiger partial charge is 0.149 e. The van der Waals surface area contributed by atoms with Gasteiger partial charge in [0.05, 0.1) is 12.4 Å². The molecule has 0 fully saturated rings. The molecule has 0 spiro atoms. The lowest BCUT2D eigenvalue weighted by Gasteiger charge is -2.17. The van der Waals surface area contributed by atoms with Gasteiger partial charge in [0.25, 0.3) is 0 Å². The second-order valence-electron chi connectivity index (χ2n) is 3.42. The van der Waals surface area contributed by atoms with Crippen LogP contribution in [0.2, 0.25) is 5.15 Å². The van der Waals surface area contributed by atoms with E-state index in [1.165, 1.54) is 6.20 Å². The van der Waals surface area contributed by atoms with Crippen LogP contribution in [0.4, 0.5) is 5.82 Å². The van der Waals surface area contributed by atoms with Crippen molar-refractivity contribution in [3.63, 3.8) is 0 Å². The number of halogens is 1. The van der Waals surface area contributed by atoms with E-state index in [-0.39, 0.29) is 0 Å². The van der Waals surface area contributed by atoms with Gasteiger partial charge in [-0.15, -0.1) is 0 Å². The Morgan fingerprint density at radius 2 is 2.12 bits per heavy atom. The Labute approximate surface area is 98.9 Å². The molecule has 0 N–H and O–H groups in total. The molecular formula is C11H11ClN4. The molecule has 2 rings (SSSR count). The lowest BCUT2D eigenvalue weighted by Crippen LogP contribution is -2.17. The summed E-state index contributed by atoms with van der Waals surface area (Å²) < 4.78 is 0. The standard InChI is InChI=1S/C11H11ClN4/c1-16(8-9-3-2-4-13-5-9)11-7-14-6-10(12)15-11/h2-7H,8H2,1H3. The fraction of sp³-hybridized carbons (Fsp3) is 0.182. The van der Waals surface area contributed by atoms with Crippen LogP contribution < -0.4 is 4.90 Å². The molecule has 0 saturated carbocycles. The molecule has 0 unspecified atom stereocenters. The van der Waals surface area contributed by atoms with Crippen molar-refractivity contribution in [2.45, 2.75) is 6.54 Å². The van der Waals surface area contributed by atoms with Crippen LogP contribution in [0.5, 0.6) is 0 Å². The van der Waals surface area contributed by atoms with E-state index in [1.807, 2.05) is 30.3 Å². The Morgan fingerprint density at radius 3 is 2.81 bits per heavy atom. The third kappa shape index (κ3) is 2.67. The van der Waals surface area contributed by atoms with E-state index in [9.17, 15) is 0 Å². The maximum absolute atomic E-state index is 5.78. The number of hydrogen-bond acceptors (Lipinski definition) is 4. The van der Waals surface area contributed by atoms with Gasteiger partial charge in [0.15, 0.2) is 0 Å². The van der Waals surface area contributed by atoms with Crippen LogP contribution in [-0.4, -0.2) is 22.0 Å². The van der Waals surface area contributed by atoms with E-state index >= 15 is 0 Å². The number of nitrogens with zero attached hydrogens (tertiary/aromatic N) is 4. The second kappa shape index (κ2) is 4.90. The summed E-state index contributed by atoms with van der Waals surface area (Å²) in [4.78, 5) is 14.2. The summed E-state index contributed by atoms with van der Waals surface area (Å²) in [6, 6.07) is 3.92. The first-order chi connectivity index (χ1) is 7.75. The molecule has 5 heteroatoms. The fourth-order valence-corrected chi connectivity index (χ4v) is 1.51. The Kier molecular flexibility index (Phi) is 3.31. The monoisotopic (exact) mass is 234 g/mol. The molecule has 82 valence electrons. The SMILES string of the molecule is CN(Cc1cccnc1)c1cncc(Cl)n1. The average Bonchev–Trinajstić information content (AvgIpc) is 2.30. The van der Waals surface area contributed by atoms with Crippen molar-refractivity contribution in [3.8, 4) is 0 Å². The molecule has 0 saturated heterocycles. The van der Waals surface area contributed by atoms with E-state index in [0.717, 1.165) is 17.9 Å². The summed E-state index contributed by atoms with van der Waals surface area (Å²) in [5.41, 5.74) is 1.12. The lowest BCUT2D eigenvalue weighted by atomic mass is 10.3. The van der Waals surface area contributed by atoms with Gasteiger partial charge in [-0.2, -0.15) is 0 Å². The Hall–Kier alpha value is -1.68. The van der Waals surface area contributed by atoms with Crippen LogP contribution in [-0.2, 0) is 6.54 Å². The summed E-state index contributed by atoms with van der Waals surface area (Å²) in [7, 11) is 1.94. The molecule has 0 aliphatic heterocycles. The first kappa shape index (κ1) is 10.8. The van der Waals surface area contributed by atoms with E-state index in [0.29, 0.717) is 5.15 Å². The molecular weight excluding hydrogens is 224 g/mol. The number of hydrogen-bond donors (Lipinski definition) is 0. The van der Waals surface area contributed by atoms with Gasteiger partial charge in [-0.05, 0) is 11.6 Å². The molecule has 2 aromatic rings. The maximum Gasteiger partial charge on any atom is 0.149 e. The first-order valence-electron chi connectivity index (χ1n) is 4.83. The zero-order valence-electron chi connectivity index (χ0n) is 8.84. The van der Waals surface area contributed by atoms with E-state index in [2.05, 4.69) is 15.0 Å². The van der Waals surface area contributed by atoms with Crippen LogP contribution in [0.15, 0.2) is 36.9 Å². The third-order valence-corrected chi connectivity index (χ3v) is 2.31. The number of rotatable bonds is 3. The fourth-order valence-electron chi connectivity index (χ4n) is 1.36. The molecule has 2 aromatic heterocycles.